The van der Waals surface area contributed by atoms with Gasteiger partial charge in [0.1, 0.15) is 0 Å². The van der Waals surface area contributed by atoms with Gasteiger partial charge in [-0.25, -0.2) is 0 Å². The molecule has 6 nitrogen and oxygen atoms in total. The van der Waals surface area contributed by atoms with Crippen LogP contribution in [0.1, 0.15) is 0 Å². The van der Waals surface area contributed by atoms with Crippen LogP contribution in [0.3, 0.4) is 0 Å². The zero-order valence-corrected chi connectivity index (χ0v) is 25.2. The highest BCUT2D eigenvalue weighted by Gasteiger charge is 2.35. The summed E-state index contributed by atoms with van der Waals surface area (Å²) in [5.74, 6) is 0. The van der Waals surface area contributed by atoms with Crippen LogP contribution in [0.5, 0.6) is 0 Å². The molecule has 0 heterocycles. The summed E-state index contributed by atoms with van der Waals surface area (Å²) in [5.41, 5.74) is 24.3. The summed E-state index contributed by atoms with van der Waals surface area (Å²) in [6.07, 6.45) is 1.37. The monoisotopic (exact) mass is 508 g/mol. The lowest BCUT2D eigenvalue weighted by molar-refractivity contribution is 0.541. The van der Waals surface area contributed by atoms with Crippen LogP contribution in [-0.2, 0) is 8.23 Å². The minimum absolute atomic E-state index is 0.684. The maximum absolute atomic E-state index is 6.67. The molecule has 0 amide bonds. The average molecular weight is 509 g/mol. The molecule has 0 radical (unpaired) electrons. The van der Waals surface area contributed by atoms with Gasteiger partial charge < -0.3 is 31.2 Å². The molecule has 0 unspecified atom stereocenters. The van der Waals surface area contributed by atoms with E-state index in [-0.39, 0.29) is 0 Å². The van der Waals surface area contributed by atoms with Crippen molar-refractivity contribution in [3.05, 3.63) is 48.5 Å². The fourth-order valence-corrected chi connectivity index (χ4v) is 18.0. The van der Waals surface area contributed by atoms with Gasteiger partial charge in [-0.05, 0) is 87.0 Å². The minimum atomic E-state index is -1.96. The van der Waals surface area contributed by atoms with Gasteiger partial charge >= 0.3 is 0 Å². The first kappa shape index (κ1) is 28.8. The van der Waals surface area contributed by atoms with Crippen LogP contribution in [-0.4, -0.2) is 45.6 Å². The maximum Gasteiger partial charge on any atom is 0.206 e. The van der Waals surface area contributed by atoms with Crippen molar-refractivity contribution in [1.29, 1.82) is 0 Å². The smallest absolute Gasteiger partial charge is 0.206 e. The first-order chi connectivity index (χ1) is 14.5. The van der Waals surface area contributed by atoms with E-state index in [1.165, 1.54) is 10.4 Å². The molecule has 0 aliphatic carbocycles. The quantitative estimate of drug-likeness (QED) is 0.321. The van der Waals surface area contributed by atoms with Crippen molar-refractivity contribution in [1.82, 2.24) is 0 Å². The van der Waals surface area contributed by atoms with Gasteiger partial charge in [0.15, 0.2) is 16.6 Å². The van der Waals surface area contributed by atoms with E-state index in [0.717, 1.165) is 11.4 Å². The van der Waals surface area contributed by atoms with Crippen molar-refractivity contribution in [3.63, 3.8) is 0 Å². The number of nitrogens with two attached hydrogens (primary N) is 4. The second-order valence-corrected chi connectivity index (χ2v) is 27.1. The summed E-state index contributed by atoms with van der Waals surface area (Å²) in [7, 11) is -7.07. The van der Waals surface area contributed by atoms with Gasteiger partial charge in [0, 0.05) is 23.7 Å². The first-order valence-electron chi connectivity index (χ1n) is 11.1. The molecule has 0 aromatic heterocycles. The molecule has 10 heteroatoms. The third-order valence-corrected chi connectivity index (χ3v) is 19.2. The Morgan fingerprint density at radius 2 is 0.812 bits per heavy atom. The van der Waals surface area contributed by atoms with E-state index in [1.54, 1.807) is 0 Å². The van der Waals surface area contributed by atoms with E-state index < -0.39 is 33.3 Å². The van der Waals surface area contributed by atoms with Crippen molar-refractivity contribution in [2.24, 2.45) is 11.5 Å². The van der Waals surface area contributed by atoms with Crippen molar-refractivity contribution in [3.8, 4) is 0 Å². The molecule has 0 aliphatic rings. The van der Waals surface area contributed by atoms with Crippen LogP contribution in [0.25, 0.3) is 0 Å². The fraction of sp³-hybridized carbons (Fsp3) is 0.455. The molecule has 0 spiro atoms. The van der Waals surface area contributed by atoms with Crippen LogP contribution >= 0.6 is 0 Å². The van der Waals surface area contributed by atoms with Crippen LogP contribution in [0.2, 0.25) is 52.4 Å². The third kappa shape index (κ3) is 9.31. The van der Waals surface area contributed by atoms with E-state index >= 15 is 0 Å². The number of nitrogen functional groups attached to an aromatic ring is 2. The number of hydrogen-bond acceptors (Lipinski definition) is 6. The van der Waals surface area contributed by atoms with Crippen LogP contribution < -0.4 is 33.3 Å². The van der Waals surface area contributed by atoms with Crippen molar-refractivity contribution >= 4 is 55.0 Å². The molecule has 2 aromatic rings. The van der Waals surface area contributed by atoms with E-state index in [1.807, 2.05) is 24.3 Å². The molecule has 0 aliphatic heterocycles. The molecule has 0 atom stereocenters. The Kier molecular flexibility index (Phi) is 10.1. The largest absolute Gasteiger partial charge is 0.454 e. The highest BCUT2D eigenvalue weighted by Crippen LogP contribution is 2.16. The lowest BCUT2D eigenvalue weighted by Gasteiger charge is -2.34. The molecule has 0 bridgehead atoms. The maximum atomic E-state index is 6.67. The van der Waals surface area contributed by atoms with Crippen LogP contribution in [0.4, 0.5) is 11.4 Å². The van der Waals surface area contributed by atoms with Gasteiger partial charge in [-0.1, -0.05) is 24.3 Å². The Labute approximate surface area is 199 Å². The number of anilines is 2. The summed E-state index contributed by atoms with van der Waals surface area (Å²) < 4.78 is 12.6. The lowest BCUT2D eigenvalue weighted by atomic mass is 10.3. The molecule has 180 valence electrons. The normalized spacial score (nSPS) is 12.8. The number of rotatable bonds is 8. The van der Waals surface area contributed by atoms with E-state index in [9.17, 15) is 0 Å². The summed E-state index contributed by atoms with van der Waals surface area (Å²) in [6.45, 7) is 17.5. The van der Waals surface area contributed by atoms with Gasteiger partial charge in [0.05, 0.1) is 0 Å². The van der Waals surface area contributed by atoms with Crippen molar-refractivity contribution in [2.45, 2.75) is 52.4 Å². The van der Waals surface area contributed by atoms with E-state index in [2.05, 4.69) is 76.6 Å². The SMILES string of the molecule is C[Si](C)(CN)O[Si](C)(C)CN.C[Si](C)(O[Si](C)(C)c1ccc(N)cc1)c1ccc(N)cc1. The molecule has 0 saturated heterocycles. The Hall–Kier alpha value is -1.25. The molecule has 2 rings (SSSR count). The van der Waals surface area contributed by atoms with E-state index in [4.69, 9.17) is 31.2 Å². The fourth-order valence-electron chi connectivity index (χ4n) is 3.36. The molecule has 0 fully saturated rings. The summed E-state index contributed by atoms with van der Waals surface area (Å²) >= 11 is 0. The molecular weight excluding hydrogens is 465 g/mol. The first-order valence-corrected chi connectivity index (χ1v) is 23.1. The predicted molar refractivity (Wildman–Crippen MR) is 151 cm³/mol. The van der Waals surface area contributed by atoms with Gasteiger partial charge in [-0.3, -0.25) is 0 Å². The Balaban J connectivity index is 0.000000396. The molecular formula is C22H44N4O2Si4. The van der Waals surface area contributed by atoms with E-state index in [0.29, 0.717) is 12.3 Å². The average Bonchev–Trinajstić information content (AvgIpc) is 2.68. The summed E-state index contributed by atoms with van der Waals surface area (Å²) in [4.78, 5) is 0. The van der Waals surface area contributed by atoms with Gasteiger partial charge in [-0.2, -0.15) is 0 Å². The number of hydrogen-bond donors (Lipinski definition) is 4. The second-order valence-electron chi connectivity index (χ2n) is 10.4. The Bertz CT molecular complexity index is 773. The molecule has 8 N–H and O–H groups in total. The summed E-state index contributed by atoms with van der Waals surface area (Å²) in [5, 5.41) is 2.54. The Morgan fingerprint density at radius 1 is 0.531 bits per heavy atom. The lowest BCUT2D eigenvalue weighted by Crippen LogP contribution is -2.57. The molecule has 2 aromatic carbocycles. The van der Waals surface area contributed by atoms with Crippen molar-refractivity contribution < 1.29 is 8.23 Å². The van der Waals surface area contributed by atoms with Crippen LogP contribution in [0, 0.1) is 0 Å². The number of benzene rings is 2. The highest BCUT2D eigenvalue weighted by atomic mass is 28.4. The van der Waals surface area contributed by atoms with Gasteiger partial charge in [0.25, 0.3) is 0 Å². The minimum Gasteiger partial charge on any atom is -0.454 e. The van der Waals surface area contributed by atoms with Gasteiger partial charge in [-0.15, -0.1) is 0 Å². The Morgan fingerprint density at radius 3 is 1.06 bits per heavy atom. The highest BCUT2D eigenvalue weighted by molar-refractivity contribution is 6.96. The zero-order chi connectivity index (χ0) is 24.8. The topological polar surface area (TPSA) is 123 Å². The standard InChI is InChI=1S/C16H24N2OSi2.C6H20N2OSi2/c1-20(2,15-9-5-13(17)6-10-15)19-21(3,4)16-11-7-14(18)8-12-16;1-10(2,5-7)9-11(3,4)6-8/h5-12H,17-18H2,1-4H3;5-8H2,1-4H3. The second kappa shape index (κ2) is 11.2. The van der Waals surface area contributed by atoms with Gasteiger partial charge in [0.2, 0.25) is 16.6 Å². The third-order valence-electron chi connectivity index (χ3n) is 5.26. The predicted octanol–water partition coefficient (Wildman–Crippen LogP) is 2.80. The van der Waals surface area contributed by atoms with Crippen molar-refractivity contribution in [2.75, 3.05) is 23.8 Å². The zero-order valence-electron chi connectivity index (χ0n) is 21.2. The van der Waals surface area contributed by atoms with Crippen LogP contribution in [0.15, 0.2) is 48.5 Å². The molecule has 32 heavy (non-hydrogen) atoms. The summed E-state index contributed by atoms with van der Waals surface area (Å²) in [6, 6.07) is 16.2. The molecule has 0 saturated carbocycles.